The number of unbranched alkanes of at least 4 members (excludes halogenated alkanes) is 1. The molecule has 1 atom stereocenters. The number of rotatable bonds is 10. The average molecular weight is 482 g/mol. The maximum atomic E-state index is 12.8. The molecule has 0 aliphatic carbocycles. The second-order valence-corrected chi connectivity index (χ2v) is 8.09. The van der Waals surface area contributed by atoms with Gasteiger partial charge in [-0.15, -0.1) is 0 Å². The van der Waals surface area contributed by atoms with Gasteiger partial charge in [0.05, 0.1) is 6.54 Å². The molecule has 33 heavy (non-hydrogen) atoms. The molecule has 10 nitrogen and oxygen atoms in total. The largest absolute Gasteiger partial charge is 1.00 e. The number of nitrogens with two attached hydrogens (primary N) is 1. The zero-order chi connectivity index (χ0) is 23.4. The van der Waals surface area contributed by atoms with Gasteiger partial charge < -0.3 is 37.6 Å². The zero-order valence-electron chi connectivity index (χ0n) is 19.2. The summed E-state index contributed by atoms with van der Waals surface area (Å²) in [6.45, 7) is 3.78. The van der Waals surface area contributed by atoms with E-state index in [4.69, 9.17) is 0 Å². The number of halogens is 1. The van der Waals surface area contributed by atoms with E-state index in [1.54, 1.807) is 13.1 Å². The minimum atomic E-state index is -0.780. The van der Waals surface area contributed by atoms with Crippen molar-refractivity contribution >= 4 is 11.2 Å². The molecular formula is C22H32ClN5O5. The number of hydrogen-bond donors (Lipinski definition) is 4. The SMILES string of the molecule is CCCCc1nc2c(c(=O)n(C)c(=O)n2C)n1CCC[NH2+]CC(O)c1ccc(O)c(O)c1.[Cl-]. The van der Waals surface area contributed by atoms with Crippen LogP contribution >= 0.6 is 0 Å². The second kappa shape index (κ2) is 11.4. The van der Waals surface area contributed by atoms with E-state index in [1.807, 2.05) is 9.88 Å². The van der Waals surface area contributed by atoms with Crippen molar-refractivity contribution in [2.45, 2.75) is 45.3 Å². The Morgan fingerprint density at radius 1 is 1.09 bits per heavy atom. The number of phenolic OH excluding ortho intramolecular Hbond substituents is 2. The lowest BCUT2D eigenvalue weighted by Gasteiger charge is -2.12. The number of phenols is 2. The molecule has 1 aromatic carbocycles. The van der Waals surface area contributed by atoms with Crippen molar-refractivity contribution in [3.63, 3.8) is 0 Å². The van der Waals surface area contributed by atoms with Gasteiger partial charge in [0.25, 0.3) is 5.56 Å². The molecular weight excluding hydrogens is 450 g/mol. The Bertz CT molecular complexity index is 1220. The standard InChI is InChI=1S/C22H31N5O5.ClH/c1-4-5-7-18-24-20-19(21(31)26(3)22(32)25(20)2)27(18)11-6-10-23-13-17(30)14-8-9-15(28)16(29)12-14;/h8-9,12,17,23,28-30H,4-7,10-11,13H2,1-3H3;1H. The van der Waals surface area contributed by atoms with Crippen LogP contribution in [0.1, 0.15) is 43.7 Å². The van der Waals surface area contributed by atoms with Gasteiger partial charge in [0.15, 0.2) is 22.7 Å². The number of aryl methyl sites for hydroxylation is 3. The lowest BCUT2D eigenvalue weighted by atomic mass is 10.1. The van der Waals surface area contributed by atoms with Crippen LogP contribution < -0.4 is 29.0 Å². The van der Waals surface area contributed by atoms with Crippen molar-refractivity contribution in [2.24, 2.45) is 14.1 Å². The van der Waals surface area contributed by atoms with Crippen molar-refractivity contribution in [3.8, 4) is 11.5 Å². The Labute approximate surface area is 197 Å². The number of nitrogens with zero attached hydrogens (tertiary/aromatic N) is 4. The summed E-state index contributed by atoms with van der Waals surface area (Å²) in [6.07, 6.45) is 2.63. The molecule has 0 bridgehead atoms. The molecule has 0 radical (unpaired) electrons. The van der Waals surface area contributed by atoms with Crippen LogP contribution in [-0.4, -0.2) is 47.1 Å². The van der Waals surface area contributed by atoms with Gasteiger partial charge in [0, 0.05) is 33.5 Å². The third-order valence-electron chi connectivity index (χ3n) is 5.75. The molecule has 0 amide bonds. The molecule has 3 aromatic rings. The first-order chi connectivity index (χ1) is 15.3. The fourth-order valence-electron chi connectivity index (χ4n) is 3.81. The summed E-state index contributed by atoms with van der Waals surface area (Å²) >= 11 is 0. The number of quaternary nitrogens is 1. The van der Waals surface area contributed by atoms with Crippen molar-refractivity contribution in [2.75, 3.05) is 13.1 Å². The fourth-order valence-corrected chi connectivity index (χ4v) is 3.81. The topological polar surface area (TPSA) is 139 Å². The number of aromatic hydroxyl groups is 2. The van der Waals surface area contributed by atoms with E-state index in [1.165, 1.54) is 23.7 Å². The van der Waals surface area contributed by atoms with Crippen LogP contribution in [0.15, 0.2) is 27.8 Å². The summed E-state index contributed by atoms with van der Waals surface area (Å²) < 4.78 is 4.45. The maximum Gasteiger partial charge on any atom is 0.332 e. The smallest absolute Gasteiger partial charge is 0.332 e. The van der Waals surface area contributed by atoms with Crippen LogP contribution in [0, 0.1) is 0 Å². The molecule has 182 valence electrons. The number of benzene rings is 1. The highest BCUT2D eigenvalue weighted by Gasteiger charge is 2.19. The molecule has 0 saturated carbocycles. The molecule has 0 aliphatic rings. The van der Waals surface area contributed by atoms with Crippen molar-refractivity contribution in [3.05, 3.63) is 50.4 Å². The average Bonchev–Trinajstić information content (AvgIpc) is 3.14. The van der Waals surface area contributed by atoms with Gasteiger partial charge in [0.1, 0.15) is 18.5 Å². The Kier molecular flexibility index (Phi) is 9.09. The van der Waals surface area contributed by atoms with Crippen molar-refractivity contribution in [1.29, 1.82) is 0 Å². The predicted molar refractivity (Wildman–Crippen MR) is 120 cm³/mol. The molecule has 3 rings (SSSR count). The van der Waals surface area contributed by atoms with E-state index >= 15 is 0 Å². The molecule has 0 saturated heterocycles. The van der Waals surface area contributed by atoms with Crippen LogP contribution in [0.4, 0.5) is 0 Å². The third-order valence-corrected chi connectivity index (χ3v) is 5.75. The Balaban J connectivity index is 0.00000385. The van der Waals surface area contributed by atoms with Gasteiger partial charge in [-0.05, 0) is 24.1 Å². The molecule has 5 N–H and O–H groups in total. The van der Waals surface area contributed by atoms with Crippen LogP contribution in [0.2, 0.25) is 0 Å². The molecule has 11 heteroatoms. The zero-order valence-corrected chi connectivity index (χ0v) is 19.9. The molecule has 0 aliphatic heterocycles. The lowest BCUT2D eigenvalue weighted by molar-refractivity contribution is -0.662. The highest BCUT2D eigenvalue weighted by Crippen LogP contribution is 2.27. The van der Waals surface area contributed by atoms with Gasteiger partial charge in [-0.25, -0.2) is 9.78 Å². The van der Waals surface area contributed by atoms with E-state index in [9.17, 15) is 24.9 Å². The molecule has 2 heterocycles. The molecule has 2 aromatic heterocycles. The monoisotopic (exact) mass is 481 g/mol. The van der Waals surface area contributed by atoms with Crippen molar-refractivity contribution in [1.82, 2.24) is 18.7 Å². The minimum Gasteiger partial charge on any atom is -1.00 e. The van der Waals surface area contributed by atoms with E-state index in [0.717, 1.165) is 36.1 Å². The molecule has 0 spiro atoms. The highest BCUT2D eigenvalue weighted by atomic mass is 35.5. The van der Waals surface area contributed by atoms with Gasteiger partial charge in [-0.2, -0.15) is 0 Å². The normalized spacial score (nSPS) is 12.1. The molecule has 1 unspecified atom stereocenters. The Morgan fingerprint density at radius 2 is 1.82 bits per heavy atom. The fraction of sp³-hybridized carbons (Fsp3) is 0.500. The van der Waals surface area contributed by atoms with Gasteiger partial charge in [-0.1, -0.05) is 19.4 Å². The van der Waals surface area contributed by atoms with Gasteiger partial charge in [-0.3, -0.25) is 13.9 Å². The maximum absolute atomic E-state index is 12.8. The van der Waals surface area contributed by atoms with Gasteiger partial charge >= 0.3 is 5.69 Å². The summed E-state index contributed by atoms with van der Waals surface area (Å²) in [5, 5.41) is 31.3. The van der Waals surface area contributed by atoms with Crippen LogP contribution in [-0.2, 0) is 27.1 Å². The van der Waals surface area contributed by atoms with E-state index in [-0.39, 0.29) is 29.5 Å². The van der Waals surface area contributed by atoms with Crippen LogP contribution in [0.25, 0.3) is 11.2 Å². The van der Waals surface area contributed by atoms with Gasteiger partial charge in [0.2, 0.25) is 0 Å². The lowest BCUT2D eigenvalue weighted by Crippen LogP contribution is -3.00. The van der Waals surface area contributed by atoms with Crippen LogP contribution in [0.3, 0.4) is 0 Å². The first-order valence-corrected chi connectivity index (χ1v) is 10.9. The van der Waals surface area contributed by atoms with Crippen molar-refractivity contribution < 1.29 is 33.0 Å². The van der Waals surface area contributed by atoms with E-state index < -0.39 is 11.8 Å². The number of aliphatic hydroxyl groups is 1. The minimum absolute atomic E-state index is 0. The number of aromatic nitrogens is 4. The van der Waals surface area contributed by atoms with Crippen LogP contribution in [0.5, 0.6) is 11.5 Å². The number of aliphatic hydroxyl groups excluding tert-OH is 1. The number of fused-ring (bicyclic) bond motifs is 1. The first-order valence-electron chi connectivity index (χ1n) is 10.9. The Morgan fingerprint density at radius 3 is 2.48 bits per heavy atom. The predicted octanol–water partition coefficient (Wildman–Crippen LogP) is -3.12. The highest BCUT2D eigenvalue weighted by molar-refractivity contribution is 5.71. The van der Waals surface area contributed by atoms with E-state index in [2.05, 4.69) is 11.9 Å². The summed E-state index contributed by atoms with van der Waals surface area (Å²) in [6, 6.07) is 4.28. The summed E-state index contributed by atoms with van der Waals surface area (Å²) in [5.41, 5.74) is 0.654. The second-order valence-electron chi connectivity index (χ2n) is 8.09. The third kappa shape index (κ3) is 5.58. The summed E-state index contributed by atoms with van der Waals surface area (Å²) in [7, 11) is 3.10. The number of hydrogen-bond acceptors (Lipinski definition) is 6. The summed E-state index contributed by atoms with van der Waals surface area (Å²) in [5.74, 6) is 0.323. The first kappa shape index (κ1) is 26.4. The Hall–Kier alpha value is -2.82. The van der Waals surface area contributed by atoms with E-state index in [0.29, 0.717) is 36.4 Å². The summed E-state index contributed by atoms with van der Waals surface area (Å²) in [4.78, 5) is 29.7. The quantitative estimate of drug-likeness (QED) is 0.178. The number of imidazole rings is 1. The molecule has 0 fully saturated rings.